The minimum atomic E-state index is 0. The van der Waals surface area contributed by atoms with Crippen molar-refractivity contribution < 1.29 is 0 Å². The molecule has 0 atom stereocenters. The summed E-state index contributed by atoms with van der Waals surface area (Å²) in [6, 6.07) is 0. The first-order valence-corrected chi connectivity index (χ1v) is 1.56. The highest BCUT2D eigenvalue weighted by Crippen LogP contribution is 1.38. The fraction of sp³-hybridized carbons (Fsp3) is 0.600. The van der Waals surface area contributed by atoms with E-state index >= 15 is 0 Å². The lowest BCUT2D eigenvalue weighted by Crippen LogP contribution is -1.69. The lowest BCUT2D eigenvalue weighted by molar-refractivity contribution is 1.48. The molecule has 0 radical (unpaired) electrons. The summed E-state index contributed by atoms with van der Waals surface area (Å²) in [5, 5.41) is 0. The topological polar surface area (TPSA) is 26.0 Å². The summed E-state index contributed by atoms with van der Waals surface area (Å²) in [7, 11) is 1.50. The van der Waals surface area contributed by atoms with Gasteiger partial charge in [-0.25, -0.2) is 0 Å². The third-order valence-electron chi connectivity index (χ3n) is 0. The SMILES string of the molecule is C.C=CC.CN. The highest BCUT2D eigenvalue weighted by Gasteiger charge is 1.15. The van der Waals surface area contributed by atoms with Crippen molar-refractivity contribution in [1.82, 2.24) is 0 Å². The van der Waals surface area contributed by atoms with Gasteiger partial charge in [0.05, 0.1) is 0 Å². The Morgan fingerprint density at radius 3 is 1.50 bits per heavy atom. The van der Waals surface area contributed by atoms with E-state index in [4.69, 9.17) is 0 Å². The van der Waals surface area contributed by atoms with Crippen LogP contribution in [0.3, 0.4) is 0 Å². The normalized spacial score (nSPS) is 3.17. The highest BCUT2D eigenvalue weighted by molar-refractivity contribution is 4.51. The van der Waals surface area contributed by atoms with Crippen molar-refractivity contribution in [1.29, 1.82) is 0 Å². The monoisotopic (exact) mass is 89.1 g/mol. The van der Waals surface area contributed by atoms with Crippen LogP contribution in [0, 0.1) is 0 Å². The molecule has 1 heteroatoms. The lowest BCUT2D eigenvalue weighted by atomic mass is 10.8. The van der Waals surface area contributed by atoms with Gasteiger partial charge in [-0.05, 0) is 14.0 Å². The van der Waals surface area contributed by atoms with Gasteiger partial charge in [0.15, 0.2) is 0 Å². The molecule has 0 aromatic rings. The van der Waals surface area contributed by atoms with Crippen LogP contribution < -0.4 is 5.73 Å². The Bertz CT molecular complexity index is 11.4. The highest BCUT2D eigenvalue weighted by atomic mass is 14.4. The Hall–Kier alpha value is -0.300. The first-order chi connectivity index (χ1) is 2.41. The van der Waals surface area contributed by atoms with Crippen molar-refractivity contribution >= 4 is 0 Å². The standard InChI is InChI=1S/C3H6.CH5N.CH4/c1-3-2;1-2;/h3H,1H2,2H3;2H2,1H3;1H4. The molecule has 0 saturated carbocycles. The van der Waals surface area contributed by atoms with Crippen molar-refractivity contribution in [3.05, 3.63) is 12.7 Å². The van der Waals surface area contributed by atoms with E-state index in [1.807, 2.05) is 6.92 Å². The van der Waals surface area contributed by atoms with E-state index in [2.05, 4.69) is 12.3 Å². The Labute approximate surface area is 40.9 Å². The second-order valence-corrected chi connectivity index (χ2v) is 0.408. The molecule has 0 aromatic carbocycles. The summed E-state index contributed by atoms with van der Waals surface area (Å²) in [6.07, 6.45) is 1.75. The molecule has 0 aromatic heterocycles. The van der Waals surface area contributed by atoms with Crippen LogP contribution >= 0.6 is 0 Å². The molecule has 0 saturated heterocycles. The van der Waals surface area contributed by atoms with Gasteiger partial charge in [0.25, 0.3) is 0 Å². The summed E-state index contributed by atoms with van der Waals surface area (Å²) >= 11 is 0. The van der Waals surface area contributed by atoms with E-state index in [1.54, 1.807) is 6.08 Å². The summed E-state index contributed by atoms with van der Waals surface area (Å²) in [4.78, 5) is 0. The second kappa shape index (κ2) is 131. The molecule has 0 rings (SSSR count). The minimum Gasteiger partial charge on any atom is -0.333 e. The van der Waals surface area contributed by atoms with E-state index < -0.39 is 0 Å². The summed E-state index contributed by atoms with van der Waals surface area (Å²) in [5.41, 5.74) is 4.50. The molecule has 0 spiro atoms. The van der Waals surface area contributed by atoms with E-state index in [0.717, 1.165) is 0 Å². The second-order valence-electron chi connectivity index (χ2n) is 0.408. The number of hydrogen-bond acceptors (Lipinski definition) is 1. The molecule has 0 bridgehead atoms. The Balaban J connectivity index is -0.0000000275. The van der Waals surface area contributed by atoms with Crippen LogP contribution in [-0.4, -0.2) is 7.05 Å². The zero-order valence-corrected chi connectivity index (χ0v) is 3.86. The third-order valence-corrected chi connectivity index (χ3v) is 0. The van der Waals surface area contributed by atoms with Crippen molar-refractivity contribution in [3.63, 3.8) is 0 Å². The Morgan fingerprint density at radius 1 is 1.50 bits per heavy atom. The summed E-state index contributed by atoms with van der Waals surface area (Å²) in [5.74, 6) is 0. The van der Waals surface area contributed by atoms with Crippen molar-refractivity contribution in [2.45, 2.75) is 14.4 Å². The van der Waals surface area contributed by atoms with Crippen LogP contribution in [0.4, 0.5) is 0 Å². The molecule has 0 amide bonds. The maximum absolute atomic E-state index is 4.50. The van der Waals surface area contributed by atoms with Crippen LogP contribution in [0.5, 0.6) is 0 Å². The van der Waals surface area contributed by atoms with E-state index in [0.29, 0.717) is 0 Å². The molecule has 0 unspecified atom stereocenters. The van der Waals surface area contributed by atoms with Crippen LogP contribution in [0.1, 0.15) is 14.4 Å². The van der Waals surface area contributed by atoms with Gasteiger partial charge in [0, 0.05) is 0 Å². The van der Waals surface area contributed by atoms with E-state index in [9.17, 15) is 0 Å². The zero-order valence-electron chi connectivity index (χ0n) is 3.86. The van der Waals surface area contributed by atoms with Crippen LogP contribution in [0.25, 0.3) is 0 Å². The number of allylic oxidation sites excluding steroid dienone is 1. The number of nitrogens with two attached hydrogens (primary N) is 1. The van der Waals surface area contributed by atoms with Crippen molar-refractivity contribution in [2.24, 2.45) is 5.73 Å². The molecule has 2 N–H and O–H groups in total. The summed E-state index contributed by atoms with van der Waals surface area (Å²) < 4.78 is 0. The van der Waals surface area contributed by atoms with Gasteiger partial charge < -0.3 is 5.73 Å². The van der Waals surface area contributed by atoms with Gasteiger partial charge in [0.2, 0.25) is 0 Å². The molecule has 0 aliphatic carbocycles. The van der Waals surface area contributed by atoms with Crippen molar-refractivity contribution in [3.8, 4) is 0 Å². The minimum absolute atomic E-state index is 0. The average molecular weight is 89.2 g/mol. The molecule has 0 aliphatic heterocycles. The molecule has 0 aliphatic rings. The molecule has 1 nitrogen and oxygen atoms in total. The van der Waals surface area contributed by atoms with Gasteiger partial charge in [0.1, 0.15) is 0 Å². The van der Waals surface area contributed by atoms with Gasteiger partial charge in [-0.1, -0.05) is 13.5 Å². The molecule has 6 heavy (non-hydrogen) atoms. The maximum Gasteiger partial charge on any atom is -0.0195 e. The number of hydrogen-bond donors (Lipinski definition) is 1. The Morgan fingerprint density at radius 2 is 1.50 bits per heavy atom. The predicted molar refractivity (Wildman–Crippen MR) is 32.7 cm³/mol. The van der Waals surface area contributed by atoms with Gasteiger partial charge in [-0.2, -0.15) is 0 Å². The lowest BCUT2D eigenvalue weighted by Gasteiger charge is -1.31. The Kier molecular flexibility index (Phi) is 378. The fourth-order valence-corrected chi connectivity index (χ4v) is 0. The van der Waals surface area contributed by atoms with Crippen LogP contribution in [-0.2, 0) is 0 Å². The van der Waals surface area contributed by atoms with Gasteiger partial charge in [-0.3, -0.25) is 0 Å². The molecule has 40 valence electrons. The molecular formula is C5H15N. The average Bonchev–Trinajstić information content (AvgIpc) is 1.46. The molecule has 0 fully saturated rings. The van der Waals surface area contributed by atoms with Gasteiger partial charge >= 0.3 is 0 Å². The first kappa shape index (κ1) is 17.3. The summed E-state index contributed by atoms with van der Waals surface area (Å²) in [6.45, 7) is 5.25. The zero-order chi connectivity index (χ0) is 4.71. The maximum atomic E-state index is 4.50. The quantitative estimate of drug-likeness (QED) is 0.446. The van der Waals surface area contributed by atoms with Crippen LogP contribution in [0.15, 0.2) is 12.7 Å². The fourth-order valence-electron chi connectivity index (χ4n) is 0. The van der Waals surface area contributed by atoms with Crippen molar-refractivity contribution in [2.75, 3.05) is 7.05 Å². The third kappa shape index (κ3) is 300. The van der Waals surface area contributed by atoms with Gasteiger partial charge in [-0.15, -0.1) is 6.58 Å². The molecule has 0 heterocycles. The van der Waals surface area contributed by atoms with Crippen LogP contribution in [0.2, 0.25) is 0 Å². The largest absolute Gasteiger partial charge is 0.333 e. The predicted octanol–water partition coefficient (Wildman–Crippen LogP) is 1.40. The smallest absolute Gasteiger partial charge is 0.0195 e. The van der Waals surface area contributed by atoms with E-state index in [1.165, 1.54) is 7.05 Å². The first-order valence-electron chi connectivity index (χ1n) is 1.56. The number of rotatable bonds is 0. The van der Waals surface area contributed by atoms with E-state index in [-0.39, 0.29) is 7.43 Å². The molecular weight excluding hydrogens is 74.1 g/mol.